The van der Waals surface area contributed by atoms with E-state index in [-0.39, 0.29) is 12.1 Å². The lowest BCUT2D eigenvalue weighted by atomic mass is 10.1. The van der Waals surface area contributed by atoms with Crippen molar-refractivity contribution < 1.29 is 18.3 Å². The lowest BCUT2D eigenvalue weighted by Gasteiger charge is -2.33. The van der Waals surface area contributed by atoms with E-state index >= 15 is 0 Å². The van der Waals surface area contributed by atoms with E-state index in [1.54, 1.807) is 0 Å². The summed E-state index contributed by atoms with van der Waals surface area (Å²) in [7, 11) is -3.47. The second-order valence-corrected chi connectivity index (χ2v) is 7.28. The minimum Gasteiger partial charge on any atom is -0.481 e. The van der Waals surface area contributed by atoms with E-state index in [9.17, 15) is 13.2 Å². The third-order valence-electron chi connectivity index (χ3n) is 4.15. The van der Waals surface area contributed by atoms with E-state index in [0.29, 0.717) is 25.8 Å². The Hall–Kier alpha value is -0.660. The molecular weight excluding hydrogens is 268 g/mol. The Morgan fingerprint density at radius 2 is 2.00 bits per heavy atom. The molecule has 6 nitrogen and oxygen atoms in total. The number of carboxylic acid groups (broad SMARTS) is 1. The van der Waals surface area contributed by atoms with Gasteiger partial charge in [0.15, 0.2) is 0 Å². The van der Waals surface area contributed by atoms with Gasteiger partial charge in [-0.25, -0.2) is 0 Å². The minimum atomic E-state index is -3.47. The van der Waals surface area contributed by atoms with E-state index in [1.165, 1.54) is 4.31 Å². The molecule has 0 bridgehead atoms. The van der Waals surface area contributed by atoms with Gasteiger partial charge in [-0.3, -0.25) is 4.79 Å². The van der Waals surface area contributed by atoms with Crippen LogP contribution >= 0.6 is 0 Å². The molecule has 1 aliphatic heterocycles. The van der Waals surface area contributed by atoms with Crippen LogP contribution in [0.1, 0.15) is 45.4 Å². The Bertz CT molecular complexity index is 437. The highest BCUT2D eigenvalue weighted by atomic mass is 32.2. The van der Waals surface area contributed by atoms with Gasteiger partial charge in [-0.2, -0.15) is 17.4 Å². The molecule has 0 aromatic heterocycles. The predicted molar refractivity (Wildman–Crippen MR) is 70.8 cm³/mol. The Balaban J connectivity index is 1.96. The van der Waals surface area contributed by atoms with Crippen LogP contribution in [0.25, 0.3) is 0 Å². The molecule has 1 saturated heterocycles. The molecule has 2 aliphatic rings. The van der Waals surface area contributed by atoms with Gasteiger partial charge in [0.05, 0.1) is 5.92 Å². The van der Waals surface area contributed by atoms with E-state index in [1.807, 2.05) is 6.92 Å². The number of aliphatic carboxylic acids is 1. The minimum absolute atomic E-state index is 0.0305. The number of rotatable bonds is 4. The van der Waals surface area contributed by atoms with E-state index in [2.05, 4.69) is 4.72 Å². The quantitative estimate of drug-likeness (QED) is 0.807. The molecule has 3 atom stereocenters. The fraction of sp³-hybridized carbons (Fsp3) is 0.917. The zero-order chi connectivity index (χ0) is 14.0. The smallest absolute Gasteiger partial charge is 0.306 e. The fourth-order valence-electron chi connectivity index (χ4n) is 3.02. The molecular formula is C12H22N2O4S. The molecule has 1 saturated carbocycles. The van der Waals surface area contributed by atoms with Crippen LogP contribution in [0.2, 0.25) is 0 Å². The Labute approximate surface area is 114 Å². The van der Waals surface area contributed by atoms with Gasteiger partial charge >= 0.3 is 5.97 Å². The number of hydrogen-bond donors (Lipinski definition) is 2. The number of nitrogens with one attached hydrogen (secondary N) is 1. The average Bonchev–Trinajstić information content (AvgIpc) is 2.77. The van der Waals surface area contributed by atoms with Crippen molar-refractivity contribution in [2.45, 2.75) is 57.5 Å². The van der Waals surface area contributed by atoms with Gasteiger partial charge < -0.3 is 5.11 Å². The number of carbonyl (C=O) groups is 1. The van der Waals surface area contributed by atoms with Crippen molar-refractivity contribution in [3.05, 3.63) is 0 Å². The molecule has 0 spiro atoms. The summed E-state index contributed by atoms with van der Waals surface area (Å²) in [5, 5.41) is 8.93. The number of nitrogens with zero attached hydrogens (tertiary/aromatic N) is 1. The summed E-state index contributed by atoms with van der Waals surface area (Å²) in [6.45, 7) is 2.48. The molecule has 1 aliphatic carbocycles. The molecule has 2 rings (SSSR count). The second-order valence-electron chi connectivity index (χ2n) is 5.62. The fourth-order valence-corrected chi connectivity index (χ4v) is 4.74. The van der Waals surface area contributed by atoms with Crippen molar-refractivity contribution in [2.24, 2.45) is 5.92 Å². The molecule has 1 heterocycles. The molecule has 19 heavy (non-hydrogen) atoms. The third-order valence-corrected chi connectivity index (χ3v) is 5.94. The van der Waals surface area contributed by atoms with Crippen molar-refractivity contribution in [1.82, 2.24) is 9.03 Å². The van der Waals surface area contributed by atoms with E-state index < -0.39 is 22.1 Å². The summed E-state index contributed by atoms with van der Waals surface area (Å²) in [5.41, 5.74) is 0. The largest absolute Gasteiger partial charge is 0.481 e. The van der Waals surface area contributed by atoms with Gasteiger partial charge in [-0.1, -0.05) is 6.42 Å². The molecule has 1 unspecified atom stereocenters. The Kier molecular flexibility index (Phi) is 4.47. The summed E-state index contributed by atoms with van der Waals surface area (Å²) in [4.78, 5) is 10.9. The van der Waals surface area contributed by atoms with Gasteiger partial charge in [0, 0.05) is 18.6 Å². The summed E-state index contributed by atoms with van der Waals surface area (Å²) < 4.78 is 28.8. The summed E-state index contributed by atoms with van der Waals surface area (Å²) >= 11 is 0. The zero-order valence-electron chi connectivity index (χ0n) is 11.2. The predicted octanol–water partition coefficient (Wildman–Crippen LogP) is 0.948. The molecule has 2 fully saturated rings. The van der Waals surface area contributed by atoms with Gasteiger partial charge in [0.25, 0.3) is 10.2 Å². The van der Waals surface area contributed by atoms with Crippen LogP contribution in [0.3, 0.4) is 0 Å². The Morgan fingerprint density at radius 1 is 1.26 bits per heavy atom. The summed E-state index contributed by atoms with van der Waals surface area (Å²) in [6.07, 6.45) is 4.42. The van der Waals surface area contributed by atoms with Crippen LogP contribution in [-0.2, 0) is 15.0 Å². The van der Waals surface area contributed by atoms with Gasteiger partial charge in [-0.15, -0.1) is 0 Å². The van der Waals surface area contributed by atoms with Gasteiger partial charge in [0.2, 0.25) is 0 Å². The monoisotopic (exact) mass is 290 g/mol. The first-order chi connectivity index (χ1) is 8.90. The molecule has 0 aromatic rings. The van der Waals surface area contributed by atoms with Crippen LogP contribution in [0.4, 0.5) is 0 Å². The highest BCUT2D eigenvalue weighted by Gasteiger charge is 2.35. The maximum Gasteiger partial charge on any atom is 0.306 e. The maximum atomic E-state index is 12.3. The van der Waals surface area contributed by atoms with Gasteiger partial charge in [-0.05, 0) is 39.0 Å². The Morgan fingerprint density at radius 3 is 2.58 bits per heavy atom. The lowest BCUT2D eigenvalue weighted by molar-refractivity contribution is -0.141. The first-order valence-electron chi connectivity index (χ1n) is 6.92. The maximum absolute atomic E-state index is 12.3. The van der Waals surface area contributed by atoms with Crippen LogP contribution in [0, 0.1) is 5.92 Å². The number of piperidine rings is 1. The highest BCUT2D eigenvalue weighted by Crippen LogP contribution is 2.27. The normalized spacial score (nSPS) is 33.4. The standard InChI is InChI=1S/C12H22N2O4S/c1-9-4-2-3-7-14(9)19(17,18)13-11-6-5-10(8-11)12(15)16/h9-11,13H,2-8H2,1H3,(H,15,16)/t9?,10-,11+/m1/s1. The molecule has 7 heteroatoms. The number of hydrogen-bond acceptors (Lipinski definition) is 3. The molecule has 0 amide bonds. The summed E-state index contributed by atoms with van der Waals surface area (Å²) in [6, 6.07) is -0.205. The first kappa shape index (κ1) is 14.7. The van der Waals surface area contributed by atoms with Crippen LogP contribution in [0.15, 0.2) is 0 Å². The van der Waals surface area contributed by atoms with Crippen LogP contribution in [0.5, 0.6) is 0 Å². The topological polar surface area (TPSA) is 86.7 Å². The highest BCUT2D eigenvalue weighted by molar-refractivity contribution is 7.87. The van der Waals surface area contributed by atoms with Crippen molar-refractivity contribution >= 4 is 16.2 Å². The lowest BCUT2D eigenvalue weighted by Crippen LogP contribution is -2.50. The molecule has 2 N–H and O–H groups in total. The molecule has 0 aromatic carbocycles. The zero-order valence-corrected chi connectivity index (χ0v) is 12.0. The summed E-state index contributed by atoms with van der Waals surface area (Å²) in [5.74, 6) is -1.24. The van der Waals surface area contributed by atoms with Crippen molar-refractivity contribution in [3.8, 4) is 0 Å². The van der Waals surface area contributed by atoms with E-state index in [4.69, 9.17) is 5.11 Å². The SMILES string of the molecule is CC1CCCCN1S(=O)(=O)N[C@H]1CC[C@@H](C(=O)O)C1. The average molecular weight is 290 g/mol. The van der Waals surface area contributed by atoms with Crippen LogP contribution in [-0.4, -0.2) is 42.4 Å². The number of carboxylic acids is 1. The molecule has 110 valence electrons. The first-order valence-corrected chi connectivity index (χ1v) is 8.36. The van der Waals surface area contributed by atoms with Crippen molar-refractivity contribution in [2.75, 3.05) is 6.54 Å². The van der Waals surface area contributed by atoms with E-state index in [0.717, 1.165) is 19.3 Å². The van der Waals surface area contributed by atoms with Crippen LogP contribution < -0.4 is 4.72 Å². The van der Waals surface area contributed by atoms with Crippen molar-refractivity contribution in [1.29, 1.82) is 0 Å². The van der Waals surface area contributed by atoms with Crippen molar-refractivity contribution in [3.63, 3.8) is 0 Å². The molecule has 0 radical (unpaired) electrons. The van der Waals surface area contributed by atoms with Gasteiger partial charge in [0.1, 0.15) is 0 Å². The third kappa shape index (κ3) is 3.46. The second kappa shape index (κ2) is 5.76.